The van der Waals surface area contributed by atoms with Crippen LogP contribution >= 0.6 is 27.3 Å². The fraction of sp³-hybridized carbons (Fsp3) is 0.316. The fourth-order valence-electron chi connectivity index (χ4n) is 3.25. The summed E-state index contributed by atoms with van der Waals surface area (Å²) in [4.78, 5) is 7.34. The Morgan fingerprint density at radius 2 is 1.81 bits per heavy atom. The van der Waals surface area contributed by atoms with E-state index in [1.54, 1.807) is 35.6 Å². The topological polar surface area (TPSA) is 62.3 Å². The van der Waals surface area contributed by atoms with E-state index in [9.17, 15) is 8.42 Å². The van der Waals surface area contributed by atoms with Crippen LogP contribution in [0.3, 0.4) is 0 Å². The van der Waals surface area contributed by atoms with Crippen molar-refractivity contribution in [2.45, 2.75) is 17.7 Å². The van der Waals surface area contributed by atoms with E-state index in [2.05, 4.69) is 31.6 Å². The molecule has 0 radical (unpaired) electrons. The number of piperidine rings is 1. The molecule has 2 aromatic carbocycles. The van der Waals surface area contributed by atoms with Crippen molar-refractivity contribution in [3.63, 3.8) is 0 Å². The molecular weight excluding hydrogens is 446 g/mol. The van der Waals surface area contributed by atoms with Crippen LogP contribution in [0.25, 0.3) is 10.2 Å². The van der Waals surface area contributed by atoms with Crippen LogP contribution in [-0.4, -0.2) is 33.0 Å². The third-order valence-electron chi connectivity index (χ3n) is 4.85. The van der Waals surface area contributed by atoms with Gasteiger partial charge >= 0.3 is 0 Å². The monoisotopic (exact) mass is 465 g/mol. The Bertz CT molecular complexity index is 994. The van der Waals surface area contributed by atoms with Crippen molar-refractivity contribution in [1.29, 1.82) is 0 Å². The van der Waals surface area contributed by atoms with Gasteiger partial charge in [-0.15, -0.1) is 0 Å². The first kappa shape index (κ1) is 18.9. The number of hydrogen-bond donors (Lipinski definition) is 1. The van der Waals surface area contributed by atoms with E-state index < -0.39 is 10.0 Å². The molecule has 4 rings (SSSR count). The Morgan fingerprint density at radius 1 is 1.11 bits per heavy atom. The van der Waals surface area contributed by atoms with E-state index in [-0.39, 0.29) is 0 Å². The van der Waals surface area contributed by atoms with E-state index in [0.29, 0.717) is 17.4 Å². The van der Waals surface area contributed by atoms with Gasteiger partial charge in [0.05, 0.1) is 15.1 Å². The summed E-state index contributed by atoms with van der Waals surface area (Å²) in [5, 5.41) is 1.06. The van der Waals surface area contributed by atoms with Crippen molar-refractivity contribution in [3.05, 3.63) is 53.0 Å². The van der Waals surface area contributed by atoms with Crippen LogP contribution in [0.2, 0.25) is 0 Å². The maximum Gasteiger partial charge on any atom is 0.240 e. The van der Waals surface area contributed by atoms with Crippen LogP contribution in [0.15, 0.2) is 57.9 Å². The Hall–Kier alpha value is -1.48. The van der Waals surface area contributed by atoms with Gasteiger partial charge in [0, 0.05) is 24.1 Å². The van der Waals surface area contributed by atoms with Crippen molar-refractivity contribution in [2.75, 3.05) is 24.5 Å². The van der Waals surface area contributed by atoms with Crippen molar-refractivity contribution < 1.29 is 8.42 Å². The number of fused-ring (bicyclic) bond motifs is 1. The first-order valence-electron chi connectivity index (χ1n) is 8.87. The summed E-state index contributed by atoms with van der Waals surface area (Å²) < 4.78 is 29.7. The first-order chi connectivity index (χ1) is 13.0. The molecule has 142 valence electrons. The summed E-state index contributed by atoms with van der Waals surface area (Å²) in [5.41, 5.74) is 1.04. The lowest BCUT2D eigenvalue weighted by Crippen LogP contribution is -2.38. The summed E-state index contributed by atoms with van der Waals surface area (Å²) in [6.07, 6.45) is 1.91. The van der Waals surface area contributed by atoms with Crippen LogP contribution in [0.1, 0.15) is 12.8 Å². The maximum absolute atomic E-state index is 12.4. The Kier molecular flexibility index (Phi) is 5.50. The van der Waals surface area contributed by atoms with E-state index >= 15 is 0 Å². The highest BCUT2D eigenvalue weighted by atomic mass is 79.9. The molecule has 8 heteroatoms. The molecule has 0 atom stereocenters. The predicted octanol–water partition coefficient (Wildman–Crippen LogP) is 4.25. The number of thiazole rings is 1. The zero-order valence-electron chi connectivity index (χ0n) is 14.6. The van der Waals surface area contributed by atoms with E-state index in [0.717, 1.165) is 41.1 Å². The molecule has 5 nitrogen and oxygen atoms in total. The van der Waals surface area contributed by atoms with Crippen LogP contribution in [-0.2, 0) is 10.0 Å². The normalized spacial score (nSPS) is 16.1. The Labute approximate surface area is 171 Å². The Balaban J connectivity index is 1.33. The average Bonchev–Trinajstić information content (AvgIpc) is 3.11. The quantitative estimate of drug-likeness (QED) is 0.611. The summed E-state index contributed by atoms with van der Waals surface area (Å²) in [6, 6.07) is 14.9. The van der Waals surface area contributed by atoms with Gasteiger partial charge in [0.2, 0.25) is 10.0 Å². The van der Waals surface area contributed by atoms with E-state index in [4.69, 9.17) is 4.98 Å². The molecule has 0 spiro atoms. The summed E-state index contributed by atoms with van der Waals surface area (Å²) in [6.45, 7) is 2.29. The second kappa shape index (κ2) is 7.87. The highest BCUT2D eigenvalue weighted by Crippen LogP contribution is 2.31. The van der Waals surface area contributed by atoms with Crippen LogP contribution < -0.4 is 9.62 Å². The van der Waals surface area contributed by atoms with Gasteiger partial charge in [0.1, 0.15) is 0 Å². The van der Waals surface area contributed by atoms with Gasteiger partial charge in [-0.05, 0) is 55.2 Å². The van der Waals surface area contributed by atoms with Gasteiger partial charge in [-0.1, -0.05) is 39.4 Å². The molecule has 1 N–H and O–H groups in total. The van der Waals surface area contributed by atoms with E-state index in [1.807, 2.05) is 18.2 Å². The van der Waals surface area contributed by atoms with Crippen molar-refractivity contribution >= 4 is 52.6 Å². The lowest BCUT2D eigenvalue weighted by Gasteiger charge is -2.31. The molecular formula is C19H20BrN3O2S2. The fourth-order valence-corrected chi connectivity index (χ4v) is 5.65. The Morgan fingerprint density at radius 3 is 2.52 bits per heavy atom. The molecule has 0 amide bonds. The van der Waals surface area contributed by atoms with Crippen molar-refractivity contribution in [3.8, 4) is 0 Å². The number of aromatic nitrogens is 1. The largest absolute Gasteiger partial charge is 0.348 e. The smallest absolute Gasteiger partial charge is 0.240 e. The third kappa shape index (κ3) is 4.34. The molecule has 1 aliphatic heterocycles. The van der Waals surface area contributed by atoms with Gasteiger partial charge in [-0.2, -0.15) is 0 Å². The molecule has 27 heavy (non-hydrogen) atoms. The molecule has 1 aromatic heterocycles. The molecule has 3 aromatic rings. The summed E-state index contributed by atoms with van der Waals surface area (Å²) in [7, 11) is -3.45. The number of sulfonamides is 1. The number of rotatable bonds is 5. The third-order valence-corrected chi connectivity index (χ3v) is 7.92. The van der Waals surface area contributed by atoms with Crippen molar-refractivity contribution in [1.82, 2.24) is 9.71 Å². The molecule has 0 unspecified atom stereocenters. The number of nitrogens with one attached hydrogen (secondary N) is 1. The highest BCUT2D eigenvalue weighted by molar-refractivity contribution is 9.10. The van der Waals surface area contributed by atoms with Gasteiger partial charge < -0.3 is 4.90 Å². The first-order valence-corrected chi connectivity index (χ1v) is 12.0. The molecule has 1 fully saturated rings. The maximum atomic E-state index is 12.4. The zero-order valence-corrected chi connectivity index (χ0v) is 17.9. The average molecular weight is 466 g/mol. The van der Waals surface area contributed by atoms with Gasteiger partial charge in [0.15, 0.2) is 5.13 Å². The molecule has 0 bridgehead atoms. The van der Waals surface area contributed by atoms with Gasteiger partial charge in [0.25, 0.3) is 0 Å². The minimum absolute atomic E-state index is 0.303. The lowest BCUT2D eigenvalue weighted by atomic mass is 9.97. The molecule has 1 aliphatic rings. The number of benzene rings is 2. The SMILES string of the molecule is O=S(=O)(NCC1CCN(c2nc3ccccc3s2)CC1)c1ccc(Br)cc1. The molecule has 1 saturated heterocycles. The van der Waals surface area contributed by atoms with Gasteiger partial charge in [-0.3, -0.25) is 0 Å². The summed E-state index contributed by atoms with van der Waals surface area (Å²) in [5.74, 6) is 0.348. The lowest BCUT2D eigenvalue weighted by molar-refractivity contribution is 0.402. The zero-order chi connectivity index (χ0) is 18.9. The minimum atomic E-state index is -3.45. The molecule has 0 aliphatic carbocycles. The van der Waals surface area contributed by atoms with Crippen LogP contribution in [0, 0.1) is 5.92 Å². The highest BCUT2D eigenvalue weighted by Gasteiger charge is 2.23. The number of halogens is 1. The number of anilines is 1. The van der Waals surface area contributed by atoms with Crippen LogP contribution in [0.4, 0.5) is 5.13 Å². The predicted molar refractivity (Wildman–Crippen MR) is 114 cm³/mol. The standard InChI is InChI=1S/C19H20BrN3O2S2/c20-15-5-7-16(8-6-15)27(24,25)21-13-14-9-11-23(12-10-14)19-22-17-3-1-2-4-18(17)26-19/h1-8,14,21H,9-13H2. The number of nitrogens with zero attached hydrogens (tertiary/aromatic N) is 2. The second-order valence-electron chi connectivity index (χ2n) is 6.70. The van der Waals surface area contributed by atoms with Crippen molar-refractivity contribution in [2.24, 2.45) is 5.92 Å². The minimum Gasteiger partial charge on any atom is -0.348 e. The summed E-state index contributed by atoms with van der Waals surface area (Å²) >= 11 is 5.05. The molecule has 0 saturated carbocycles. The number of para-hydroxylation sites is 1. The second-order valence-corrected chi connectivity index (χ2v) is 10.4. The van der Waals surface area contributed by atoms with Gasteiger partial charge in [-0.25, -0.2) is 18.1 Å². The van der Waals surface area contributed by atoms with Crippen LogP contribution in [0.5, 0.6) is 0 Å². The van der Waals surface area contributed by atoms with E-state index in [1.165, 1.54) is 4.70 Å². The number of hydrogen-bond acceptors (Lipinski definition) is 5. The molecule has 2 heterocycles.